The molecule has 172 valence electrons. The summed E-state index contributed by atoms with van der Waals surface area (Å²) in [6, 6.07) is -0.217. The zero-order valence-electron chi connectivity index (χ0n) is 19.6. The second-order valence-corrected chi connectivity index (χ2v) is 9.83. The fraction of sp³-hybridized carbons (Fsp3) is 0.913. The van der Waals surface area contributed by atoms with Gasteiger partial charge in [-0.05, 0) is 36.9 Å². The number of amides is 2. The van der Waals surface area contributed by atoms with Crippen LogP contribution >= 0.6 is 11.8 Å². The van der Waals surface area contributed by atoms with Crippen LogP contribution in [0.2, 0.25) is 0 Å². The van der Waals surface area contributed by atoms with E-state index in [1.807, 2.05) is 11.8 Å². The molecule has 29 heavy (non-hydrogen) atoms. The van der Waals surface area contributed by atoms with Crippen molar-refractivity contribution in [3.05, 3.63) is 0 Å². The number of urea groups is 1. The van der Waals surface area contributed by atoms with Crippen molar-refractivity contribution in [2.45, 2.75) is 86.0 Å². The molecule has 0 aromatic rings. The quantitative estimate of drug-likeness (QED) is 0.218. The van der Waals surface area contributed by atoms with Crippen LogP contribution in [0.4, 0.5) is 4.79 Å². The normalized spacial score (nSPS) is 13.2. The van der Waals surface area contributed by atoms with Crippen molar-refractivity contribution in [3.63, 3.8) is 0 Å². The van der Waals surface area contributed by atoms with E-state index in [0.29, 0.717) is 19.7 Å². The topological polar surface area (TPSA) is 67.4 Å². The van der Waals surface area contributed by atoms with Gasteiger partial charge in [-0.2, -0.15) is 11.8 Å². The van der Waals surface area contributed by atoms with Crippen molar-refractivity contribution < 1.29 is 14.3 Å². The first-order valence-corrected chi connectivity index (χ1v) is 12.8. The smallest absolute Gasteiger partial charge is 0.314 e. The predicted octanol–water partition coefficient (Wildman–Crippen LogP) is 5.63. The Kier molecular flexibility index (Phi) is 18.5. The summed E-state index contributed by atoms with van der Waals surface area (Å²) in [7, 11) is 0. The zero-order valence-corrected chi connectivity index (χ0v) is 20.4. The van der Waals surface area contributed by atoms with Gasteiger partial charge in [0.25, 0.3) is 0 Å². The van der Waals surface area contributed by atoms with Crippen molar-refractivity contribution in [3.8, 4) is 0 Å². The molecule has 0 heterocycles. The molecular formula is C23H46N2O3S. The van der Waals surface area contributed by atoms with Gasteiger partial charge in [-0.25, -0.2) is 4.79 Å². The van der Waals surface area contributed by atoms with Crippen molar-refractivity contribution in [1.29, 1.82) is 0 Å². The van der Waals surface area contributed by atoms with Gasteiger partial charge in [0, 0.05) is 18.8 Å². The molecule has 0 aromatic heterocycles. The average molecular weight is 431 g/mol. The summed E-state index contributed by atoms with van der Waals surface area (Å²) in [5.41, 5.74) is 0. The van der Waals surface area contributed by atoms with E-state index in [1.54, 1.807) is 6.92 Å². The number of nitrogens with one attached hydrogen (secondary N) is 2. The average Bonchev–Trinajstić information content (AvgIpc) is 2.64. The first kappa shape index (κ1) is 28.1. The molecule has 2 amide bonds. The number of rotatable bonds is 18. The van der Waals surface area contributed by atoms with Crippen molar-refractivity contribution in [2.75, 3.05) is 31.2 Å². The maximum atomic E-state index is 11.6. The molecular weight excluding hydrogens is 384 g/mol. The van der Waals surface area contributed by atoms with E-state index in [2.05, 4.69) is 38.3 Å². The highest BCUT2D eigenvalue weighted by atomic mass is 32.2. The fourth-order valence-corrected chi connectivity index (χ4v) is 4.19. The number of hydrogen-bond acceptors (Lipinski definition) is 4. The van der Waals surface area contributed by atoms with Crippen molar-refractivity contribution in [1.82, 2.24) is 10.6 Å². The Balaban J connectivity index is 3.47. The summed E-state index contributed by atoms with van der Waals surface area (Å²) in [5, 5.41) is 5.50. The fourth-order valence-electron chi connectivity index (χ4n) is 3.18. The monoisotopic (exact) mass is 430 g/mol. The molecule has 0 aliphatic rings. The van der Waals surface area contributed by atoms with Gasteiger partial charge in [0.2, 0.25) is 0 Å². The lowest BCUT2D eigenvalue weighted by atomic mass is 9.93. The third kappa shape index (κ3) is 20.2. The lowest BCUT2D eigenvalue weighted by molar-refractivity contribution is -0.142. The Morgan fingerprint density at radius 1 is 0.828 bits per heavy atom. The summed E-state index contributed by atoms with van der Waals surface area (Å²) >= 11 is 1.90. The lowest BCUT2D eigenvalue weighted by Gasteiger charge is -2.15. The highest BCUT2D eigenvalue weighted by Crippen LogP contribution is 2.21. The summed E-state index contributed by atoms with van der Waals surface area (Å²) in [4.78, 5) is 22.8. The van der Waals surface area contributed by atoms with Crippen LogP contribution in [-0.4, -0.2) is 43.2 Å². The van der Waals surface area contributed by atoms with E-state index >= 15 is 0 Å². The van der Waals surface area contributed by atoms with Gasteiger partial charge < -0.3 is 15.4 Å². The number of ether oxygens (including phenoxy) is 1. The molecule has 0 rings (SSSR count). The number of hydrogen-bond donors (Lipinski definition) is 2. The minimum Gasteiger partial charge on any atom is -0.466 e. The molecule has 5 nitrogen and oxygen atoms in total. The molecule has 0 saturated carbocycles. The molecule has 0 saturated heterocycles. The van der Waals surface area contributed by atoms with Gasteiger partial charge in [0.1, 0.15) is 0 Å². The largest absolute Gasteiger partial charge is 0.466 e. The van der Waals surface area contributed by atoms with E-state index < -0.39 is 0 Å². The number of carbonyl (C=O) groups excluding carboxylic acids is 2. The van der Waals surface area contributed by atoms with Crippen LogP contribution in [0.5, 0.6) is 0 Å². The first-order chi connectivity index (χ1) is 13.8. The molecule has 6 heteroatoms. The van der Waals surface area contributed by atoms with Gasteiger partial charge in [0.05, 0.1) is 13.0 Å². The molecule has 0 spiro atoms. The maximum absolute atomic E-state index is 11.6. The van der Waals surface area contributed by atoms with Crippen LogP contribution in [-0.2, 0) is 9.53 Å². The standard InChI is InChI=1S/C23H46N2O3S/c1-6-28-22(26)13-15-24-23(27)25-16-18-29-17-14-21(5)12-8-11-20(4)10-7-9-19(2)3/h19-21H,6-18H2,1-5H3,(H2,24,25,27)/t20-,21-/m1/s1. The van der Waals surface area contributed by atoms with Crippen LogP contribution in [0.15, 0.2) is 0 Å². The molecule has 2 atom stereocenters. The van der Waals surface area contributed by atoms with Crippen LogP contribution in [0.25, 0.3) is 0 Å². The van der Waals surface area contributed by atoms with Gasteiger partial charge in [0.15, 0.2) is 0 Å². The Hall–Kier alpha value is -0.910. The minimum atomic E-state index is -0.280. The van der Waals surface area contributed by atoms with E-state index in [1.165, 1.54) is 44.9 Å². The van der Waals surface area contributed by atoms with E-state index in [9.17, 15) is 9.59 Å². The highest BCUT2D eigenvalue weighted by molar-refractivity contribution is 7.99. The lowest BCUT2D eigenvalue weighted by Crippen LogP contribution is -2.37. The molecule has 0 aromatic carbocycles. The minimum absolute atomic E-state index is 0.213. The molecule has 0 unspecified atom stereocenters. The summed E-state index contributed by atoms with van der Waals surface area (Å²) < 4.78 is 4.81. The first-order valence-electron chi connectivity index (χ1n) is 11.6. The summed E-state index contributed by atoms with van der Waals surface area (Å²) in [6.45, 7) is 12.5. The molecule has 0 fully saturated rings. The van der Waals surface area contributed by atoms with Crippen LogP contribution in [0.1, 0.15) is 86.0 Å². The van der Waals surface area contributed by atoms with Gasteiger partial charge in [-0.3, -0.25) is 4.79 Å². The highest BCUT2D eigenvalue weighted by Gasteiger charge is 2.07. The third-order valence-corrected chi connectivity index (χ3v) is 6.10. The molecule has 0 radical (unpaired) electrons. The van der Waals surface area contributed by atoms with E-state index in [-0.39, 0.29) is 18.4 Å². The molecule has 0 bridgehead atoms. The zero-order chi connectivity index (χ0) is 21.9. The van der Waals surface area contributed by atoms with Crippen molar-refractivity contribution in [2.24, 2.45) is 17.8 Å². The van der Waals surface area contributed by atoms with E-state index in [4.69, 9.17) is 4.74 Å². The van der Waals surface area contributed by atoms with E-state index in [0.717, 1.165) is 29.3 Å². The molecule has 2 N–H and O–H groups in total. The van der Waals surface area contributed by atoms with Gasteiger partial charge >= 0.3 is 12.0 Å². The second kappa shape index (κ2) is 19.1. The number of esters is 1. The second-order valence-electron chi connectivity index (χ2n) is 8.60. The Labute approximate surface area is 183 Å². The summed E-state index contributed by atoms with van der Waals surface area (Å²) in [5.74, 6) is 4.27. The van der Waals surface area contributed by atoms with Crippen LogP contribution in [0.3, 0.4) is 0 Å². The molecule has 0 aliphatic carbocycles. The number of carbonyl (C=O) groups is 2. The number of thioether (sulfide) groups is 1. The van der Waals surface area contributed by atoms with Crippen LogP contribution in [0, 0.1) is 17.8 Å². The van der Waals surface area contributed by atoms with Crippen LogP contribution < -0.4 is 10.6 Å². The third-order valence-electron chi connectivity index (χ3n) is 5.08. The van der Waals surface area contributed by atoms with Gasteiger partial charge in [-0.15, -0.1) is 0 Å². The Morgan fingerprint density at radius 3 is 2.03 bits per heavy atom. The Bertz CT molecular complexity index is 419. The maximum Gasteiger partial charge on any atom is 0.314 e. The SMILES string of the molecule is CCOC(=O)CCNC(=O)NCCSCC[C@H](C)CCC[C@H](C)CCCC(C)C. The van der Waals surface area contributed by atoms with Crippen molar-refractivity contribution >= 4 is 23.8 Å². The molecule has 0 aliphatic heterocycles. The van der Waals surface area contributed by atoms with Gasteiger partial charge in [-0.1, -0.05) is 66.2 Å². The summed E-state index contributed by atoms with van der Waals surface area (Å²) in [6.07, 6.45) is 9.63. The Morgan fingerprint density at radius 2 is 1.41 bits per heavy atom. The predicted molar refractivity (Wildman–Crippen MR) is 125 cm³/mol.